The number of aromatic amines is 1. The summed E-state index contributed by atoms with van der Waals surface area (Å²) in [6.07, 6.45) is 2.36. The molecule has 0 saturated carbocycles. The Kier molecular flexibility index (Phi) is 4.38. The minimum absolute atomic E-state index is 0.376. The number of carbonyl (C=O) groups is 1. The van der Waals surface area contributed by atoms with Gasteiger partial charge >= 0.3 is 6.09 Å². The van der Waals surface area contributed by atoms with Gasteiger partial charge in [0.1, 0.15) is 5.60 Å². The van der Waals surface area contributed by atoms with Gasteiger partial charge in [-0.25, -0.2) is 4.79 Å². The first-order chi connectivity index (χ1) is 9.35. The zero-order valence-corrected chi connectivity index (χ0v) is 13.5. The fourth-order valence-electron chi connectivity index (χ4n) is 1.97. The number of rotatable bonds is 3. The van der Waals surface area contributed by atoms with Gasteiger partial charge in [-0.05, 0) is 51.0 Å². The SMILES string of the molecule is CC(C)(C)OC(=O)NCCc1c[nH]c2ccc(Br)cc12. The largest absolute Gasteiger partial charge is 0.444 e. The van der Waals surface area contributed by atoms with Crippen LogP contribution in [0.15, 0.2) is 28.9 Å². The molecule has 0 atom stereocenters. The highest BCUT2D eigenvalue weighted by Crippen LogP contribution is 2.22. The third-order valence-corrected chi connectivity index (χ3v) is 3.29. The summed E-state index contributed by atoms with van der Waals surface area (Å²) in [5.74, 6) is 0. The summed E-state index contributed by atoms with van der Waals surface area (Å²) in [6, 6.07) is 6.11. The van der Waals surface area contributed by atoms with Gasteiger partial charge in [0.15, 0.2) is 0 Å². The third kappa shape index (κ3) is 4.00. The number of aromatic nitrogens is 1. The molecule has 0 saturated heterocycles. The Balaban J connectivity index is 1.93. The lowest BCUT2D eigenvalue weighted by Gasteiger charge is -2.19. The van der Waals surface area contributed by atoms with Crippen molar-refractivity contribution < 1.29 is 9.53 Å². The molecular formula is C15H19BrN2O2. The second-order valence-electron chi connectivity index (χ2n) is 5.68. The summed E-state index contributed by atoms with van der Waals surface area (Å²) in [5, 5.41) is 3.94. The number of hydrogen-bond donors (Lipinski definition) is 2. The Hall–Kier alpha value is -1.49. The topological polar surface area (TPSA) is 54.1 Å². The van der Waals surface area contributed by atoms with E-state index in [0.29, 0.717) is 6.54 Å². The molecule has 2 aromatic rings. The number of hydrogen-bond acceptors (Lipinski definition) is 2. The van der Waals surface area contributed by atoms with Crippen LogP contribution in [0.1, 0.15) is 26.3 Å². The summed E-state index contributed by atoms with van der Waals surface area (Å²) in [6.45, 7) is 6.10. The molecule has 0 aliphatic heterocycles. The lowest BCUT2D eigenvalue weighted by molar-refractivity contribution is 0.0528. The van der Waals surface area contributed by atoms with Crippen LogP contribution in [0, 0.1) is 0 Å². The maximum absolute atomic E-state index is 11.6. The van der Waals surface area contributed by atoms with E-state index in [-0.39, 0.29) is 6.09 Å². The summed E-state index contributed by atoms with van der Waals surface area (Å²) in [5.41, 5.74) is 1.81. The Morgan fingerprint density at radius 1 is 1.40 bits per heavy atom. The van der Waals surface area contributed by atoms with Crippen molar-refractivity contribution >= 4 is 32.9 Å². The van der Waals surface area contributed by atoms with Gasteiger partial charge in [-0.15, -0.1) is 0 Å². The van der Waals surface area contributed by atoms with Crippen LogP contribution in [-0.2, 0) is 11.2 Å². The molecule has 0 radical (unpaired) electrons. The molecule has 20 heavy (non-hydrogen) atoms. The molecule has 0 fully saturated rings. The van der Waals surface area contributed by atoms with E-state index in [4.69, 9.17) is 4.74 Å². The molecule has 1 heterocycles. The first-order valence-corrected chi connectivity index (χ1v) is 7.37. The smallest absolute Gasteiger partial charge is 0.407 e. The molecule has 2 rings (SSSR count). The van der Waals surface area contributed by atoms with Gasteiger partial charge in [0.05, 0.1) is 0 Å². The normalized spacial score (nSPS) is 11.6. The molecule has 1 amide bonds. The molecule has 0 aliphatic rings. The summed E-state index contributed by atoms with van der Waals surface area (Å²) < 4.78 is 6.25. The van der Waals surface area contributed by atoms with Crippen molar-refractivity contribution in [1.82, 2.24) is 10.3 Å². The molecule has 0 unspecified atom stereocenters. The predicted octanol–water partition coefficient (Wildman–Crippen LogP) is 4.00. The molecule has 1 aromatic heterocycles. The molecule has 108 valence electrons. The molecule has 2 N–H and O–H groups in total. The van der Waals surface area contributed by atoms with Crippen molar-refractivity contribution in [2.75, 3.05) is 6.54 Å². The summed E-state index contributed by atoms with van der Waals surface area (Å²) in [4.78, 5) is 14.8. The van der Waals surface area contributed by atoms with Crippen LogP contribution in [0.4, 0.5) is 4.79 Å². The van der Waals surface area contributed by atoms with E-state index in [1.54, 1.807) is 0 Å². The van der Waals surface area contributed by atoms with E-state index in [0.717, 1.165) is 16.4 Å². The van der Waals surface area contributed by atoms with Crippen molar-refractivity contribution in [2.24, 2.45) is 0 Å². The third-order valence-electron chi connectivity index (χ3n) is 2.79. The van der Waals surface area contributed by atoms with Crippen molar-refractivity contribution in [3.8, 4) is 0 Å². The van der Waals surface area contributed by atoms with Gasteiger partial charge in [-0.3, -0.25) is 0 Å². The highest BCUT2D eigenvalue weighted by molar-refractivity contribution is 9.10. The monoisotopic (exact) mass is 338 g/mol. The van der Waals surface area contributed by atoms with E-state index in [1.807, 2.05) is 39.1 Å². The van der Waals surface area contributed by atoms with Crippen molar-refractivity contribution in [3.63, 3.8) is 0 Å². The van der Waals surface area contributed by atoms with Gasteiger partial charge in [-0.2, -0.15) is 0 Å². The minimum Gasteiger partial charge on any atom is -0.444 e. The van der Waals surface area contributed by atoms with Crippen molar-refractivity contribution in [2.45, 2.75) is 32.8 Å². The molecule has 0 spiro atoms. The lowest BCUT2D eigenvalue weighted by Crippen LogP contribution is -2.33. The van der Waals surface area contributed by atoms with Crippen LogP contribution < -0.4 is 5.32 Å². The number of fused-ring (bicyclic) bond motifs is 1. The predicted molar refractivity (Wildman–Crippen MR) is 83.9 cm³/mol. The van der Waals surface area contributed by atoms with Gasteiger partial charge in [0.25, 0.3) is 0 Å². The van der Waals surface area contributed by atoms with Crippen LogP contribution >= 0.6 is 15.9 Å². The zero-order valence-electron chi connectivity index (χ0n) is 11.9. The van der Waals surface area contributed by atoms with Gasteiger partial charge < -0.3 is 15.0 Å². The van der Waals surface area contributed by atoms with Crippen molar-refractivity contribution in [3.05, 3.63) is 34.4 Å². The lowest BCUT2D eigenvalue weighted by atomic mass is 10.1. The van der Waals surface area contributed by atoms with Crippen LogP contribution in [0.25, 0.3) is 10.9 Å². The molecule has 1 aromatic carbocycles. The summed E-state index contributed by atoms with van der Waals surface area (Å²) in [7, 11) is 0. The number of amides is 1. The number of ether oxygens (including phenoxy) is 1. The maximum Gasteiger partial charge on any atom is 0.407 e. The fourth-order valence-corrected chi connectivity index (χ4v) is 2.33. The van der Waals surface area contributed by atoms with Crippen LogP contribution in [-0.4, -0.2) is 23.2 Å². The quantitative estimate of drug-likeness (QED) is 0.888. The van der Waals surface area contributed by atoms with Gasteiger partial charge in [0, 0.05) is 28.1 Å². The molecular weight excluding hydrogens is 320 g/mol. The van der Waals surface area contributed by atoms with Gasteiger partial charge in [0.2, 0.25) is 0 Å². The number of alkyl carbamates (subject to hydrolysis) is 1. The number of benzene rings is 1. The number of nitrogens with one attached hydrogen (secondary N) is 2. The van der Waals surface area contributed by atoms with Crippen LogP contribution in [0.2, 0.25) is 0 Å². The standard InChI is InChI=1S/C15H19BrN2O2/c1-15(2,3)20-14(19)17-7-6-10-9-18-13-5-4-11(16)8-12(10)13/h4-5,8-9,18H,6-7H2,1-3H3,(H,17,19). The second kappa shape index (κ2) is 5.87. The van der Waals surface area contributed by atoms with Gasteiger partial charge in [-0.1, -0.05) is 15.9 Å². The number of carbonyl (C=O) groups excluding carboxylic acids is 1. The Bertz CT molecular complexity index is 614. The number of H-pyrrole nitrogens is 1. The van der Waals surface area contributed by atoms with Crippen LogP contribution in [0.5, 0.6) is 0 Å². The van der Waals surface area contributed by atoms with Crippen LogP contribution in [0.3, 0.4) is 0 Å². The highest BCUT2D eigenvalue weighted by Gasteiger charge is 2.15. The van der Waals surface area contributed by atoms with E-state index in [2.05, 4.69) is 32.3 Å². The average molecular weight is 339 g/mol. The van der Waals surface area contributed by atoms with E-state index >= 15 is 0 Å². The Morgan fingerprint density at radius 3 is 2.85 bits per heavy atom. The molecule has 5 heteroatoms. The first-order valence-electron chi connectivity index (χ1n) is 6.57. The maximum atomic E-state index is 11.6. The second-order valence-corrected chi connectivity index (χ2v) is 6.60. The van der Waals surface area contributed by atoms with Crippen molar-refractivity contribution in [1.29, 1.82) is 0 Å². The molecule has 0 bridgehead atoms. The number of halogens is 1. The molecule has 0 aliphatic carbocycles. The van der Waals surface area contributed by atoms with E-state index in [9.17, 15) is 4.79 Å². The highest BCUT2D eigenvalue weighted by atomic mass is 79.9. The fraction of sp³-hybridized carbons (Fsp3) is 0.400. The molecule has 4 nitrogen and oxygen atoms in total. The Morgan fingerprint density at radius 2 is 2.15 bits per heavy atom. The first kappa shape index (κ1) is 14.9. The average Bonchev–Trinajstić information content (AvgIpc) is 2.69. The Labute approximate surface area is 127 Å². The zero-order chi connectivity index (χ0) is 14.8. The minimum atomic E-state index is -0.463. The van der Waals surface area contributed by atoms with E-state index < -0.39 is 5.60 Å². The summed E-state index contributed by atoms with van der Waals surface area (Å²) >= 11 is 3.47. The van der Waals surface area contributed by atoms with E-state index in [1.165, 1.54) is 10.9 Å².